The third kappa shape index (κ3) is 3.41. The van der Waals surface area contributed by atoms with Crippen LogP contribution in [-0.4, -0.2) is 37.2 Å². The lowest BCUT2D eigenvalue weighted by Crippen LogP contribution is -2.20. The van der Waals surface area contributed by atoms with Crippen LogP contribution in [0.25, 0.3) is 0 Å². The van der Waals surface area contributed by atoms with Gasteiger partial charge in [-0.3, -0.25) is 9.36 Å². The van der Waals surface area contributed by atoms with Crippen LogP contribution in [0.15, 0.2) is 24.7 Å². The van der Waals surface area contributed by atoms with Gasteiger partial charge in [-0.05, 0) is 19.0 Å². The van der Waals surface area contributed by atoms with Gasteiger partial charge in [-0.25, -0.2) is 4.79 Å². The number of rotatable bonds is 7. The lowest BCUT2D eigenvalue weighted by atomic mass is 10.2. The normalized spacial score (nSPS) is 10.8. The Morgan fingerprint density at radius 2 is 2.32 bits per heavy atom. The Kier molecular flexibility index (Phi) is 4.30. The van der Waals surface area contributed by atoms with Crippen molar-refractivity contribution in [2.45, 2.75) is 19.5 Å². The summed E-state index contributed by atoms with van der Waals surface area (Å²) in [5.41, 5.74) is 0.939. The molecule has 0 aliphatic heterocycles. The van der Waals surface area contributed by atoms with Crippen LogP contribution in [0.4, 0.5) is 0 Å². The molecule has 0 saturated heterocycles. The maximum Gasteiger partial charge on any atom is 0.339 e. The summed E-state index contributed by atoms with van der Waals surface area (Å²) in [6, 6.07) is 1.89. The van der Waals surface area contributed by atoms with E-state index in [4.69, 9.17) is 5.11 Å². The molecule has 0 aromatic carbocycles. The number of aryl methyl sites for hydroxylation is 2. The summed E-state index contributed by atoms with van der Waals surface area (Å²) < 4.78 is 3.46. The highest BCUT2D eigenvalue weighted by Crippen LogP contribution is 2.06. The molecule has 2 heterocycles. The lowest BCUT2D eigenvalue weighted by Gasteiger charge is -2.06. The summed E-state index contributed by atoms with van der Waals surface area (Å²) in [5, 5.41) is 20.3. The maximum absolute atomic E-state index is 11.0. The van der Waals surface area contributed by atoms with E-state index >= 15 is 0 Å². The second-order valence-corrected chi connectivity index (χ2v) is 4.23. The lowest BCUT2D eigenvalue weighted by molar-refractivity contribution is 0.0695. The zero-order valence-corrected chi connectivity index (χ0v) is 10.8. The van der Waals surface area contributed by atoms with Gasteiger partial charge in [-0.15, -0.1) is 0 Å². The van der Waals surface area contributed by atoms with Crippen molar-refractivity contribution in [2.24, 2.45) is 7.05 Å². The van der Waals surface area contributed by atoms with Crippen molar-refractivity contribution >= 4 is 5.97 Å². The maximum atomic E-state index is 11.0. The Hall–Kier alpha value is -2.15. The fourth-order valence-corrected chi connectivity index (χ4v) is 1.86. The summed E-state index contributed by atoms with van der Waals surface area (Å²) in [4.78, 5) is 11.0. The van der Waals surface area contributed by atoms with Crippen LogP contribution in [0.2, 0.25) is 0 Å². The molecule has 2 aromatic heterocycles. The molecule has 0 radical (unpaired) electrons. The zero-order chi connectivity index (χ0) is 13.7. The Labute approximate surface area is 110 Å². The van der Waals surface area contributed by atoms with Gasteiger partial charge in [0.05, 0.1) is 11.9 Å². The number of carbonyl (C=O) groups is 1. The molecule has 0 spiro atoms. The molecule has 7 nitrogen and oxygen atoms in total. The highest BCUT2D eigenvalue weighted by Gasteiger charge is 2.13. The van der Waals surface area contributed by atoms with E-state index in [9.17, 15) is 4.79 Å². The van der Waals surface area contributed by atoms with Gasteiger partial charge in [-0.2, -0.15) is 10.2 Å². The van der Waals surface area contributed by atoms with Crippen molar-refractivity contribution < 1.29 is 9.90 Å². The van der Waals surface area contributed by atoms with Crippen LogP contribution >= 0.6 is 0 Å². The number of nitrogens with zero attached hydrogens (tertiary/aromatic N) is 4. The standard InChI is InChI=1S/C12H17N5O2/c1-16-11(10(8-15-16)12(18)19)9-13-4-2-6-17-7-3-5-14-17/h3,5,7-8,13H,2,4,6,9H2,1H3,(H,18,19). The summed E-state index contributed by atoms with van der Waals surface area (Å²) in [7, 11) is 1.74. The molecule has 2 rings (SSSR count). The van der Waals surface area contributed by atoms with Gasteiger partial charge < -0.3 is 10.4 Å². The second kappa shape index (κ2) is 6.14. The minimum absolute atomic E-state index is 0.252. The van der Waals surface area contributed by atoms with E-state index in [1.165, 1.54) is 6.20 Å². The van der Waals surface area contributed by atoms with Gasteiger partial charge in [0.15, 0.2) is 0 Å². The first-order valence-corrected chi connectivity index (χ1v) is 6.11. The Morgan fingerprint density at radius 3 is 3.00 bits per heavy atom. The van der Waals surface area contributed by atoms with Crippen molar-refractivity contribution in [2.75, 3.05) is 6.54 Å². The van der Waals surface area contributed by atoms with E-state index in [2.05, 4.69) is 15.5 Å². The first-order valence-electron chi connectivity index (χ1n) is 6.11. The Balaban J connectivity index is 1.76. The number of hydrogen-bond acceptors (Lipinski definition) is 4. The first kappa shape index (κ1) is 13.3. The van der Waals surface area contributed by atoms with Gasteiger partial charge in [0, 0.05) is 32.5 Å². The fraction of sp³-hybridized carbons (Fsp3) is 0.417. The average molecular weight is 263 g/mol. The van der Waals surface area contributed by atoms with Gasteiger partial charge in [0.2, 0.25) is 0 Å². The molecule has 2 aromatic rings. The van der Waals surface area contributed by atoms with Gasteiger partial charge >= 0.3 is 5.97 Å². The number of nitrogens with one attached hydrogen (secondary N) is 1. The van der Waals surface area contributed by atoms with E-state index in [0.29, 0.717) is 12.2 Å². The van der Waals surface area contributed by atoms with Crippen molar-refractivity contribution in [1.29, 1.82) is 0 Å². The topological polar surface area (TPSA) is 85.0 Å². The number of carboxylic acids is 1. The third-order valence-corrected chi connectivity index (χ3v) is 2.88. The minimum Gasteiger partial charge on any atom is -0.478 e. The molecular weight excluding hydrogens is 246 g/mol. The van der Waals surface area contributed by atoms with Crippen molar-refractivity contribution in [3.63, 3.8) is 0 Å². The highest BCUT2D eigenvalue weighted by molar-refractivity contribution is 5.88. The molecule has 0 saturated carbocycles. The molecule has 0 fully saturated rings. The quantitative estimate of drug-likeness (QED) is 0.710. The molecule has 0 bridgehead atoms. The summed E-state index contributed by atoms with van der Waals surface area (Å²) >= 11 is 0. The van der Waals surface area contributed by atoms with E-state index in [1.54, 1.807) is 17.9 Å². The van der Waals surface area contributed by atoms with Crippen LogP contribution in [-0.2, 0) is 20.1 Å². The summed E-state index contributed by atoms with van der Waals surface area (Å²) in [6.07, 6.45) is 5.98. The van der Waals surface area contributed by atoms with E-state index in [0.717, 1.165) is 19.5 Å². The molecule has 0 aliphatic carbocycles. The second-order valence-electron chi connectivity index (χ2n) is 4.23. The Bertz CT molecular complexity index is 532. The average Bonchev–Trinajstić information content (AvgIpc) is 2.99. The van der Waals surface area contributed by atoms with Crippen molar-refractivity contribution in [1.82, 2.24) is 24.9 Å². The molecule has 0 atom stereocenters. The third-order valence-electron chi connectivity index (χ3n) is 2.88. The van der Waals surface area contributed by atoms with Crippen LogP contribution < -0.4 is 5.32 Å². The molecule has 0 aliphatic rings. The monoisotopic (exact) mass is 263 g/mol. The number of aromatic nitrogens is 4. The van der Waals surface area contributed by atoms with E-state index in [1.807, 2.05) is 16.9 Å². The Morgan fingerprint density at radius 1 is 1.47 bits per heavy atom. The SMILES string of the molecule is Cn1ncc(C(=O)O)c1CNCCCn1cccn1. The highest BCUT2D eigenvalue weighted by atomic mass is 16.4. The molecule has 19 heavy (non-hydrogen) atoms. The largest absolute Gasteiger partial charge is 0.478 e. The molecule has 7 heteroatoms. The van der Waals surface area contributed by atoms with Gasteiger partial charge in [-0.1, -0.05) is 0 Å². The van der Waals surface area contributed by atoms with Gasteiger partial charge in [0.25, 0.3) is 0 Å². The van der Waals surface area contributed by atoms with E-state index < -0.39 is 5.97 Å². The number of hydrogen-bond donors (Lipinski definition) is 2. The first-order chi connectivity index (χ1) is 9.18. The predicted molar refractivity (Wildman–Crippen MR) is 68.7 cm³/mol. The number of aromatic carboxylic acids is 1. The summed E-state index contributed by atoms with van der Waals surface area (Å²) in [6.45, 7) is 2.14. The van der Waals surface area contributed by atoms with Crippen LogP contribution in [0.3, 0.4) is 0 Å². The number of carboxylic acid groups (broad SMARTS) is 1. The van der Waals surface area contributed by atoms with Gasteiger partial charge in [0.1, 0.15) is 5.56 Å². The predicted octanol–water partition coefficient (Wildman–Crippen LogP) is 0.495. The molecule has 102 valence electrons. The van der Waals surface area contributed by atoms with Crippen LogP contribution in [0, 0.1) is 0 Å². The van der Waals surface area contributed by atoms with Crippen molar-refractivity contribution in [3.05, 3.63) is 35.9 Å². The molecule has 0 amide bonds. The smallest absolute Gasteiger partial charge is 0.339 e. The minimum atomic E-state index is -0.943. The molecular formula is C12H17N5O2. The van der Waals surface area contributed by atoms with Crippen LogP contribution in [0.5, 0.6) is 0 Å². The molecule has 2 N–H and O–H groups in total. The van der Waals surface area contributed by atoms with Crippen LogP contribution in [0.1, 0.15) is 22.5 Å². The zero-order valence-electron chi connectivity index (χ0n) is 10.8. The summed E-state index contributed by atoms with van der Waals surface area (Å²) in [5.74, 6) is -0.943. The fourth-order valence-electron chi connectivity index (χ4n) is 1.86. The van der Waals surface area contributed by atoms with E-state index in [-0.39, 0.29) is 5.56 Å². The van der Waals surface area contributed by atoms with Crippen molar-refractivity contribution in [3.8, 4) is 0 Å². The molecule has 0 unspecified atom stereocenters.